The number of hydrogen-bond acceptors (Lipinski definition) is 5. The molecule has 0 bridgehead atoms. The highest BCUT2D eigenvalue weighted by atomic mass is 32.1. The second-order valence-corrected chi connectivity index (χ2v) is 4.59. The number of benzene rings is 1. The monoisotopic (exact) mass is 300 g/mol. The third kappa shape index (κ3) is 2.62. The van der Waals surface area contributed by atoms with E-state index in [9.17, 15) is 23.7 Å². The number of hydrogen-bond donors (Lipinski definition) is 1. The summed E-state index contributed by atoms with van der Waals surface area (Å²) in [6, 6.07) is 1.49. The molecule has 1 aromatic heterocycles. The van der Waals surface area contributed by atoms with Crippen molar-refractivity contribution in [2.75, 3.05) is 0 Å². The van der Waals surface area contributed by atoms with Gasteiger partial charge in [0.25, 0.3) is 0 Å². The molecule has 0 aliphatic carbocycles. The maximum atomic E-state index is 13.9. The molecule has 1 aromatic carbocycles. The summed E-state index contributed by atoms with van der Waals surface area (Å²) in [4.78, 5) is 23.9. The van der Waals surface area contributed by atoms with E-state index >= 15 is 0 Å². The highest BCUT2D eigenvalue weighted by Crippen LogP contribution is 2.33. The van der Waals surface area contributed by atoms with Crippen LogP contribution >= 0.6 is 11.3 Å². The van der Waals surface area contributed by atoms with Gasteiger partial charge in [0, 0.05) is 11.4 Å². The molecule has 0 spiro atoms. The van der Waals surface area contributed by atoms with Crippen molar-refractivity contribution < 1.29 is 23.6 Å². The fourth-order valence-electron chi connectivity index (χ4n) is 1.54. The van der Waals surface area contributed by atoms with E-state index < -0.39 is 40.2 Å². The fourth-order valence-corrected chi connectivity index (χ4v) is 2.40. The topological polar surface area (TPSA) is 93.3 Å². The van der Waals surface area contributed by atoms with Gasteiger partial charge in [0.15, 0.2) is 0 Å². The summed E-state index contributed by atoms with van der Waals surface area (Å²) < 4.78 is 27.5. The molecular formula is C11H6F2N2O4S. The van der Waals surface area contributed by atoms with Gasteiger partial charge in [-0.05, 0) is 6.07 Å². The fraction of sp³-hybridized carbons (Fsp3) is 0.0909. The SMILES string of the molecule is O=C(O)Cc1csc(-c2c(F)ccc([N+](=O)[O-])c2F)n1. The number of carboxylic acid groups (broad SMARTS) is 1. The zero-order valence-corrected chi connectivity index (χ0v) is 10.5. The first-order valence-electron chi connectivity index (χ1n) is 5.19. The quantitative estimate of drug-likeness (QED) is 0.692. The number of thiazole rings is 1. The zero-order chi connectivity index (χ0) is 14.9. The highest BCUT2D eigenvalue weighted by Gasteiger charge is 2.24. The van der Waals surface area contributed by atoms with E-state index in [4.69, 9.17) is 5.11 Å². The van der Waals surface area contributed by atoms with Gasteiger partial charge in [0.1, 0.15) is 10.8 Å². The number of nitro groups is 1. The molecule has 9 heteroatoms. The van der Waals surface area contributed by atoms with Gasteiger partial charge in [-0.25, -0.2) is 9.37 Å². The summed E-state index contributed by atoms with van der Waals surface area (Å²) in [5.41, 5.74) is -1.36. The maximum absolute atomic E-state index is 13.9. The van der Waals surface area contributed by atoms with Gasteiger partial charge >= 0.3 is 11.7 Å². The predicted molar refractivity (Wildman–Crippen MR) is 65.5 cm³/mol. The molecule has 0 unspecified atom stereocenters. The Balaban J connectivity index is 2.52. The lowest BCUT2D eigenvalue weighted by Crippen LogP contribution is -2.01. The van der Waals surface area contributed by atoms with Crippen molar-refractivity contribution in [3.05, 3.63) is 45.0 Å². The lowest BCUT2D eigenvalue weighted by molar-refractivity contribution is -0.387. The van der Waals surface area contributed by atoms with Crippen molar-refractivity contribution in [2.24, 2.45) is 0 Å². The Morgan fingerprint density at radius 2 is 2.15 bits per heavy atom. The Hall–Kier alpha value is -2.42. The van der Waals surface area contributed by atoms with Crippen LogP contribution in [0.25, 0.3) is 10.6 Å². The third-order valence-electron chi connectivity index (χ3n) is 2.37. The maximum Gasteiger partial charge on any atom is 0.309 e. The molecule has 6 nitrogen and oxygen atoms in total. The van der Waals surface area contributed by atoms with Gasteiger partial charge in [-0.3, -0.25) is 14.9 Å². The van der Waals surface area contributed by atoms with Gasteiger partial charge in [0.2, 0.25) is 5.82 Å². The summed E-state index contributed by atoms with van der Waals surface area (Å²) in [6.45, 7) is 0. The van der Waals surface area contributed by atoms with Crippen LogP contribution < -0.4 is 0 Å². The Morgan fingerprint density at radius 3 is 2.75 bits per heavy atom. The van der Waals surface area contributed by atoms with Crippen molar-refractivity contribution in [1.82, 2.24) is 4.98 Å². The van der Waals surface area contributed by atoms with Gasteiger partial charge in [-0.2, -0.15) is 4.39 Å². The summed E-state index contributed by atoms with van der Waals surface area (Å²) in [5, 5.41) is 20.4. The van der Waals surface area contributed by atoms with E-state index in [0.717, 1.165) is 23.5 Å². The van der Waals surface area contributed by atoms with E-state index in [1.165, 1.54) is 5.38 Å². The van der Waals surface area contributed by atoms with Crippen LogP contribution in [0, 0.1) is 21.7 Å². The second-order valence-electron chi connectivity index (χ2n) is 3.73. The van der Waals surface area contributed by atoms with Crippen molar-refractivity contribution in [3.8, 4) is 10.6 Å². The Morgan fingerprint density at radius 1 is 1.45 bits per heavy atom. The average molecular weight is 300 g/mol. The molecule has 0 aliphatic heterocycles. The molecule has 1 N–H and O–H groups in total. The molecule has 0 radical (unpaired) electrons. The van der Waals surface area contributed by atoms with Crippen LogP contribution in [0.2, 0.25) is 0 Å². The van der Waals surface area contributed by atoms with Crippen LogP contribution in [0.5, 0.6) is 0 Å². The normalized spacial score (nSPS) is 10.5. The minimum Gasteiger partial charge on any atom is -0.481 e. The molecule has 0 amide bonds. The lowest BCUT2D eigenvalue weighted by atomic mass is 10.2. The minimum absolute atomic E-state index is 0.128. The molecule has 0 fully saturated rings. The second kappa shape index (κ2) is 5.29. The number of rotatable bonds is 4. The number of aromatic nitrogens is 1. The minimum atomic E-state index is -1.33. The summed E-state index contributed by atoms with van der Waals surface area (Å²) in [7, 11) is 0. The van der Waals surface area contributed by atoms with E-state index in [1.807, 2.05) is 0 Å². The van der Waals surface area contributed by atoms with Crippen molar-refractivity contribution in [2.45, 2.75) is 6.42 Å². The van der Waals surface area contributed by atoms with Gasteiger partial charge in [-0.1, -0.05) is 0 Å². The van der Waals surface area contributed by atoms with E-state index in [-0.39, 0.29) is 10.7 Å². The number of aliphatic carboxylic acids is 1. The van der Waals surface area contributed by atoms with Crippen molar-refractivity contribution >= 4 is 23.0 Å². The standard InChI is InChI=1S/C11H6F2N2O4S/c12-6-1-2-7(15(18)19)10(13)9(6)11-14-5(4-20-11)3-8(16)17/h1-2,4H,3H2,(H,16,17). The molecule has 20 heavy (non-hydrogen) atoms. The zero-order valence-electron chi connectivity index (χ0n) is 9.67. The number of halogens is 2. The van der Waals surface area contributed by atoms with Gasteiger partial charge < -0.3 is 5.11 Å². The first-order valence-corrected chi connectivity index (χ1v) is 6.07. The first kappa shape index (κ1) is 14.0. The Bertz CT molecular complexity index is 702. The van der Waals surface area contributed by atoms with Crippen LogP contribution in [0.3, 0.4) is 0 Å². The van der Waals surface area contributed by atoms with Crippen LogP contribution in [-0.2, 0) is 11.2 Å². The smallest absolute Gasteiger partial charge is 0.309 e. The largest absolute Gasteiger partial charge is 0.481 e. The van der Waals surface area contributed by atoms with E-state index in [0.29, 0.717) is 0 Å². The number of carbonyl (C=O) groups is 1. The molecule has 104 valence electrons. The van der Waals surface area contributed by atoms with Crippen molar-refractivity contribution in [1.29, 1.82) is 0 Å². The van der Waals surface area contributed by atoms with E-state index in [1.54, 1.807) is 0 Å². The van der Waals surface area contributed by atoms with E-state index in [2.05, 4.69) is 4.98 Å². The molecule has 0 saturated heterocycles. The van der Waals surface area contributed by atoms with Crippen LogP contribution in [0.15, 0.2) is 17.5 Å². The molecule has 0 atom stereocenters. The number of nitro benzene ring substituents is 1. The molecule has 0 aliphatic rings. The first-order chi connectivity index (χ1) is 9.40. The van der Waals surface area contributed by atoms with Crippen LogP contribution in [0.4, 0.5) is 14.5 Å². The van der Waals surface area contributed by atoms with Gasteiger partial charge in [0.05, 0.1) is 22.6 Å². The number of carboxylic acids is 1. The lowest BCUT2D eigenvalue weighted by Gasteiger charge is -2.01. The number of nitrogens with zero attached hydrogens (tertiary/aromatic N) is 2. The van der Waals surface area contributed by atoms with Crippen molar-refractivity contribution in [3.63, 3.8) is 0 Å². The highest BCUT2D eigenvalue weighted by molar-refractivity contribution is 7.13. The third-order valence-corrected chi connectivity index (χ3v) is 3.27. The van der Waals surface area contributed by atoms with Crippen LogP contribution in [-0.4, -0.2) is 21.0 Å². The molecule has 0 saturated carbocycles. The molecular weight excluding hydrogens is 294 g/mol. The summed E-state index contributed by atoms with van der Waals surface area (Å²) in [6.07, 6.45) is -0.394. The molecule has 2 aromatic rings. The Kier molecular flexibility index (Phi) is 3.70. The summed E-state index contributed by atoms with van der Waals surface area (Å²) in [5.74, 6) is -3.46. The van der Waals surface area contributed by atoms with Crippen LogP contribution in [0.1, 0.15) is 5.69 Å². The van der Waals surface area contributed by atoms with Gasteiger partial charge in [-0.15, -0.1) is 11.3 Å². The average Bonchev–Trinajstić information content (AvgIpc) is 2.75. The predicted octanol–water partition coefficient (Wildman–Crippen LogP) is 2.62. The summed E-state index contributed by atoms with van der Waals surface area (Å²) >= 11 is 0.816. The Labute approximate surface area is 114 Å². The molecule has 2 rings (SSSR count). The molecule has 1 heterocycles.